The molecule has 1 saturated heterocycles. The number of aromatic nitrogens is 3. The summed E-state index contributed by atoms with van der Waals surface area (Å²) < 4.78 is 12.7. The maximum absolute atomic E-state index is 6.84. The van der Waals surface area contributed by atoms with E-state index >= 15 is 0 Å². The molecule has 2 aliphatic heterocycles. The Bertz CT molecular complexity index is 2850. The van der Waals surface area contributed by atoms with Gasteiger partial charge in [0.05, 0.1) is 0 Å². The molecule has 2 aliphatic rings. The van der Waals surface area contributed by atoms with Gasteiger partial charge in [-0.2, -0.15) is 0 Å². The van der Waals surface area contributed by atoms with Gasteiger partial charge in [-0.15, -0.1) is 0 Å². The molecule has 4 heterocycles. The zero-order valence-corrected chi connectivity index (χ0v) is 36.8. The Morgan fingerprint density at radius 1 is 0.650 bits per heavy atom. The second-order valence-electron chi connectivity index (χ2n) is 17.3. The zero-order chi connectivity index (χ0) is 41.0. The summed E-state index contributed by atoms with van der Waals surface area (Å²) in [7, 11) is 2.25. The van der Waals surface area contributed by atoms with Gasteiger partial charge in [-0.25, -0.2) is 0 Å². The number of rotatable bonds is 7. The average molecular weight is 967 g/mol. The van der Waals surface area contributed by atoms with Crippen molar-refractivity contribution in [1.29, 1.82) is 0 Å². The first-order valence-corrected chi connectivity index (χ1v) is 22.1. The van der Waals surface area contributed by atoms with Crippen LogP contribution in [0.1, 0.15) is 44.2 Å². The van der Waals surface area contributed by atoms with E-state index in [9.17, 15) is 0 Å². The van der Waals surface area contributed by atoms with Crippen molar-refractivity contribution in [2.45, 2.75) is 38.5 Å². The molecule has 302 valence electrons. The number of fused-ring (bicyclic) bond motifs is 4. The van der Waals surface area contributed by atoms with Crippen LogP contribution in [-0.4, -0.2) is 45.7 Å². The van der Waals surface area contributed by atoms with Crippen LogP contribution in [0.4, 0.5) is 11.5 Å². The minimum absolute atomic E-state index is 0.0253. The molecule has 0 radical (unpaired) electrons. The molecule has 6 aromatic carbocycles. The number of pyridine rings is 1. The van der Waals surface area contributed by atoms with Crippen molar-refractivity contribution in [3.05, 3.63) is 179 Å². The predicted molar refractivity (Wildman–Crippen MR) is 242 cm³/mol. The maximum atomic E-state index is 6.84. The van der Waals surface area contributed by atoms with Crippen molar-refractivity contribution in [2.75, 3.05) is 31.6 Å². The Labute approximate surface area is 363 Å². The van der Waals surface area contributed by atoms with Gasteiger partial charge in [0.25, 0.3) is 0 Å². The van der Waals surface area contributed by atoms with E-state index in [2.05, 4.69) is 224 Å². The van der Waals surface area contributed by atoms with Crippen molar-refractivity contribution < 1.29 is 24.1 Å². The molecule has 0 amide bonds. The van der Waals surface area contributed by atoms with Gasteiger partial charge in [-0.3, -0.25) is 0 Å². The predicted octanol–water partition coefficient (Wildman–Crippen LogP) is 12.5. The summed E-state index contributed by atoms with van der Waals surface area (Å²) in [5.74, 6) is 3.66. The molecule has 0 N–H and O–H groups in total. The molecule has 10 rings (SSSR count). The molecule has 0 saturated carbocycles. The molecule has 0 aliphatic carbocycles. The Hall–Kier alpha value is -5.81. The Morgan fingerprint density at radius 2 is 1.30 bits per heavy atom. The van der Waals surface area contributed by atoms with E-state index in [0.717, 1.165) is 69.6 Å². The Kier molecular flexibility index (Phi) is 10.0. The molecule has 6 nitrogen and oxygen atoms in total. The molecule has 1 fully saturated rings. The van der Waals surface area contributed by atoms with E-state index in [-0.39, 0.29) is 5.41 Å². The van der Waals surface area contributed by atoms with Crippen LogP contribution < -0.4 is 9.64 Å². The summed E-state index contributed by atoms with van der Waals surface area (Å²) >= 11 is 2.51. The number of anilines is 2. The van der Waals surface area contributed by atoms with E-state index in [1.807, 2.05) is 6.20 Å². The Morgan fingerprint density at radius 3 is 2.00 bits per heavy atom. The van der Waals surface area contributed by atoms with Gasteiger partial charge < -0.3 is 4.90 Å². The second-order valence-corrected chi connectivity index (χ2v) is 18.4. The summed E-state index contributed by atoms with van der Waals surface area (Å²) in [5.41, 5.74) is 13.0. The fourth-order valence-corrected chi connectivity index (χ4v) is 10.5. The standard InChI is InChI=1S/C53H49N5O.Pt/c1-53(2,3)40-27-29-54-51(31-40)56-35-39-34-55(4)30-28-44(39)47-26-25-43(33-50(47)56)59-42-20-13-19-41(32-42)57-36-58(49-24-12-11-23-48(49)57)52-45(37-15-7-5-8-16-37)21-14-22-46(52)38-17-9-6-10-18-38;/h5-27,29,31-33,39,44H,28,30,34-35H2,1-4H3;. The first-order chi connectivity index (χ1) is 29.2. The number of para-hydroxylation sites is 3. The van der Waals surface area contributed by atoms with Gasteiger partial charge in [-0.05, 0) is 30.6 Å². The first kappa shape index (κ1) is 38.4. The fourth-order valence-electron chi connectivity index (χ4n) is 9.40. The number of piperidine rings is 1. The summed E-state index contributed by atoms with van der Waals surface area (Å²) in [6.45, 7) is 9.94. The van der Waals surface area contributed by atoms with Gasteiger partial charge in [0.1, 0.15) is 0 Å². The topological polar surface area (TPSA) is 38.5 Å². The van der Waals surface area contributed by atoms with Crippen LogP contribution in [0.15, 0.2) is 164 Å². The van der Waals surface area contributed by atoms with Crippen molar-refractivity contribution in [2.24, 2.45) is 5.92 Å². The van der Waals surface area contributed by atoms with Crippen LogP contribution in [0.2, 0.25) is 0 Å². The smallest absolute Gasteiger partial charge is 0.00296 e. The minimum Gasteiger partial charge on any atom is 0.00296 e. The first-order valence-electron chi connectivity index (χ1n) is 21.0. The van der Waals surface area contributed by atoms with Crippen molar-refractivity contribution in [3.63, 3.8) is 0 Å². The summed E-state index contributed by atoms with van der Waals surface area (Å²) in [6.07, 6.45) is 3.13. The molecule has 0 bridgehead atoms. The monoisotopic (exact) mass is 966 g/mol. The van der Waals surface area contributed by atoms with Gasteiger partial charge in [0.2, 0.25) is 0 Å². The molecule has 2 aromatic heterocycles. The quantitative estimate of drug-likeness (QED) is 0.160. The van der Waals surface area contributed by atoms with E-state index < -0.39 is 0 Å². The number of imidazole rings is 1. The summed E-state index contributed by atoms with van der Waals surface area (Å²) in [6, 6.07) is 56.5. The second kappa shape index (κ2) is 15.7. The molecular formula is C53H49N5OPt. The van der Waals surface area contributed by atoms with Crippen molar-refractivity contribution >= 4 is 22.5 Å². The van der Waals surface area contributed by atoms with Crippen LogP contribution in [0.3, 0.4) is 0 Å². The molecule has 8 aromatic rings. The number of ether oxygens (including phenoxy) is 1. The molecule has 2 atom stereocenters. The number of likely N-dealkylation sites (tertiary alicyclic amines) is 1. The number of benzene rings is 6. The normalized spacial score (nSPS) is 16.7. The Balaban J connectivity index is 1.07. The van der Waals surface area contributed by atoms with E-state index in [0.29, 0.717) is 11.8 Å². The van der Waals surface area contributed by atoms with Crippen LogP contribution in [-0.2, 0) is 24.8 Å². The number of nitrogens with zero attached hydrogens (tertiary/aromatic N) is 5. The van der Waals surface area contributed by atoms with E-state index in [1.165, 1.54) is 39.1 Å². The number of hydrogen-bond donors (Lipinski definition) is 0. The van der Waals surface area contributed by atoms with Crippen LogP contribution in [0, 0.1) is 9.72 Å². The molecule has 0 spiro atoms. The summed E-state index contributed by atoms with van der Waals surface area (Å²) in [5, 5.41) is 0. The van der Waals surface area contributed by atoms with Gasteiger partial charge in [-0.1, -0.05) is 20.8 Å². The average Bonchev–Trinajstić information content (AvgIpc) is 3.57. The van der Waals surface area contributed by atoms with Crippen molar-refractivity contribution in [3.8, 4) is 45.1 Å². The van der Waals surface area contributed by atoms with Gasteiger partial charge in [0.15, 0.2) is 0 Å². The molecule has 60 heavy (non-hydrogen) atoms. The molecular weight excluding hydrogens is 918 g/mol. The third-order valence-electron chi connectivity index (χ3n) is 12.4. The van der Waals surface area contributed by atoms with Crippen molar-refractivity contribution in [1.82, 2.24) is 19.0 Å². The SMILES string of the molecule is CN1CCC2c3ccc(Oc4cccc(-n5[c](=[Pt])n(-c6c(-c7ccccc7)cccc6-c6ccccc6)c6ccccc65)c4)cc3N(c3cc(C(C)(C)C)ccn3)CC2C1. The van der Waals surface area contributed by atoms with E-state index in [1.54, 1.807) is 0 Å². The minimum atomic E-state index is 0.0253. The fraction of sp³-hybridized carbons (Fsp3) is 0.208. The van der Waals surface area contributed by atoms with Crippen LogP contribution >= 0.6 is 0 Å². The third-order valence-corrected chi connectivity index (χ3v) is 13.4. The number of hydrogen-bond acceptors (Lipinski definition) is 4. The zero-order valence-electron chi connectivity index (χ0n) is 34.5. The van der Waals surface area contributed by atoms with E-state index in [4.69, 9.17) is 9.72 Å². The van der Waals surface area contributed by atoms with Crippen LogP contribution in [0.5, 0.6) is 11.5 Å². The molecule has 2 unspecified atom stereocenters. The molecule has 7 heteroatoms. The van der Waals surface area contributed by atoms with Gasteiger partial charge >= 0.3 is 297 Å². The van der Waals surface area contributed by atoms with Crippen LogP contribution in [0.25, 0.3) is 44.7 Å². The summed E-state index contributed by atoms with van der Waals surface area (Å²) in [4.78, 5) is 9.88. The van der Waals surface area contributed by atoms with Gasteiger partial charge in [0, 0.05) is 12.7 Å². The third kappa shape index (κ3) is 7.06.